The molecule has 116 valence electrons. The average Bonchev–Trinajstić information content (AvgIpc) is 2.81. The number of benzene rings is 2. The summed E-state index contributed by atoms with van der Waals surface area (Å²) in [5, 5.41) is 9.26. The van der Waals surface area contributed by atoms with Crippen LogP contribution in [0.5, 0.6) is 5.75 Å². The lowest BCUT2D eigenvalue weighted by atomic mass is 10.00. The number of fused-ring (bicyclic) bond motifs is 1. The van der Waals surface area contributed by atoms with Crippen molar-refractivity contribution in [1.29, 1.82) is 0 Å². The summed E-state index contributed by atoms with van der Waals surface area (Å²) in [5.41, 5.74) is 5.90. The molecule has 3 rings (SSSR count). The van der Waals surface area contributed by atoms with Gasteiger partial charge in [0.15, 0.2) is 0 Å². The van der Waals surface area contributed by atoms with Gasteiger partial charge in [-0.3, -0.25) is 4.79 Å². The van der Waals surface area contributed by atoms with Crippen molar-refractivity contribution in [2.45, 2.75) is 13.3 Å². The van der Waals surface area contributed by atoms with Crippen LogP contribution in [0.3, 0.4) is 0 Å². The lowest BCUT2D eigenvalue weighted by molar-refractivity contribution is -0.135. The molecule has 0 fully saturated rings. The maximum atomic E-state index is 11.3. The smallest absolute Gasteiger partial charge is 0.307 e. The van der Waals surface area contributed by atoms with E-state index in [-0.39, 0.29) is 6.42 Å². The van der Waals surface area contributed by atoms with Crippen LogP contribution in [0.1, 0.15) is 30.0 Å². The summed E-state index contributed by atoms with van der Waals surface area (Å²) in [5.74, 6) is -0.119. The number of ether oxygens (including phenoxy) is 1. The van der Waals surface area contributed by atoms with E-state index >= 15 is 0 Å². The lowest BCUT2D eigenvalue weighted by Gasteiger charge is -2.10. The molecule has 1 aliphatic rings. The minimum absolute atomic E-state index is 0.00859. The normalized spacial score (nSPS) is 15.0. The van der Waals surface area contributed by atoms with Gasteiger partial charge in [-0.15, -0.1) is 0 Å². The molecule has 0 amide bonds. The average molecular weight is 306 g/mol. The molecule has 0 radical (unpaired) electrons. The number of hydrogen-bond acceptors (Lipinski definition) is 2. The Morgan fingerprint density at radius 3 is 2.52 bits per heavy atom. The van der Waals surface area contributed by atoms with Crippen LogP contribution >= 0.6 is 0 Å². The Balaban J connectivity index is 2.21. The zero-order valence-electron chi connectivity index (χ0n) is 13.2. The van der Waals surface area contributed by atoms with Gasteiger partial charge in [-0.2, -0.15) is 0 Å². The number of carboxylic acids is 1. The van der Waals surface area contributed by atoms with Crippen molar-refractivity contribution >= 4 is 23.2 Å². The maximum absolute atomic E-state index is 11.3. The van der Waals surface area contributed by atoms with Crippen molar-refractivity contribution < 1.29 is 14.6 Å². The minimum atomic E-state index is -0.836. The quantitative estimate of drug-likeness (QED) is 0.904. The molecule has 3 heteroatoms. The fourth-order valence-electron chi connectivity index (χ4n) is 3.06. The van der Waals surface area contributed by atoms with Crippen molar-refractivity contribution in [2.75, 3.05) is 7.11 Å². The highest BCUT2D eigenvalue weighted by molar-refractivity contribution is 6.08. The van der Waals surface area contributed by atoms with Crippen LogP contribution < -0.4 is 4.74 Å². The van der Waals surface area contributed by atoms with E-state index in [9.17, 15) is 9.90 Å². The van der Waals surface area contributed by atoms with Gasteiger partial charge in [0.25, 0.3) is 0 Å². The first kappa shape index (κ1) is 15.1. The van der Waals surface area contributed by atoms with Crippen LogP contribution in [0, 0.1) is 0 Å². The molecule has 0 bridgehead atoms. The maximum Gasteiger partial charge on any atom is 0.307 e. The molecule has 3 nitrogen and oxygen atoms in total. The van der Waals surface area contributed by atoms with Gasteiger partial charge in [0.1, 0.15) is 5.75 Å². The first-order valence-corrected chi connectivity index (χ1v) is 7.48. The van der Waals surface area contributed by atoms with Gasteiger partial charge in [0.2, 0.25) is 0 Å². The fourth-order valence-corrected chi connectivity index (χ4v) is 3.06. The second kappa shape index (κ2) is 6.13. The third-order valence-electron chi connectivity index (χ3n) is 4.13. The van der Waals surface area contributed by atoms with E-state index in [1.807, 2.05) is 55.5 Å². The minimum Gasteiger partial charge on any atom is -0.496 e. The summed E-state index contributed by atoms with van der Waals surface area (Å²) < 4.78 is 5.46. The van der Waals surface area contributed by atoms with E-state index in [4.69, 9.17) is 4.74 Å². The monoisotopic (exact) mass is 306 g/mol. The molecular weight excluding hydrogens is 288 g/mol. The Morgan fingerprint density at radius 1 is 1.13 bits per heavy atom. The van der Waals surface area contributed by atoms with Crippen LogP contribution in [0.15, 0.2) is 54.1 Å². The van der Waals surface area contributed by atoms with E-state index in [1.165, 1.54) is 0 Å². The number of hydrogen-bond donors (Lipinski definition) is 1. The van der Waals surface area contributed by atoms with Crippen LogP contribution in [0.25, 0.3) is 17.2 Å². The molecule has 1 N–H and O–H groups in total. The summed E-state index contributed by atoms with van der Waals surface area (Å²) in [7, 11) is 1.61. The SMILES string of the molecule is COc1cccc2c1C(CC(=O)O)=C(C)C2=Cc1ccccc1. The molecule has 0 unspecified atom stereocenters. The number of carbonyl (C=O) groups is 1. The predicted octanol–water partition coefficient (Wildman–Crippen LogP) is 4.50. The second-order valence-electron chi connectivity index (χ2n) is 5.53. The van der Waals surface area contributed by atoms with Crippen molar-refractivity contribution in [1.82, 2.24) is 0 Å². The lowest BCUT2D eigenvalue weighted by Crippen LogP contribution is -1.98. The van der Waals surface area contributed by atoms with Gasteiger partial charge in [-0.25, -0.2) is 0 Å². The molecule has 0 saturated carbocycles. The number of aliphatic carboxylic acids is 1. The fraction of sp³-hybridized carbons (Fsp3) is 0.150. The standard InChI is InChI=1S/C20H18O3/c1-13-16(11-14-7-4-3-5-8-14)15-9-6-10-18(23-2)20(15)17(13)12-19(21)22/h3-11H,12H2,1-2H3,(H,21,22). The van der Waals surface area contributed by atoms with Crippen molar-refractivity contribution in [2.24, 2.45) is 0 Å². The number of carboxylic acid groups (broad SMARTS) is 1. The van der Waals surface area contributed by atoms with Gasteiger partial charge < -0.3 is 9.84 Å². The topological polar surface area (TPSA) is 46.5 Å². The highest BCUT2D eigenvalue weighted by atomic mass is 16.5. The summed E-state index contributed by atoms with van der Waals surface area (Å²) in [6.07, 6.45) is 2.09. The predicted molar refractivity (Wildman–Crippen MR) is 92.2 cm³/mol. The number of methoxy groups -OCH3 is 1. The summed E-state index contributed by atoms with van der Waals surface area (Å²) in [6, 6.07) is 15.9. The summed E-state index contributed by atoms with van der Waals surface area (Å²) in [4.78, 5) is 11.3. The van der Waals surface area contributed by atoms with Crippen LogP contribution in [-0.2, 0) is 4.79 Å². The molecule has 0 aromatic heterocycles. The Kier molecular flexibility index (Phi) is 4.02. The van der Waals surface area contributed by atoms with E-state index in [0.29, 0.717) is 0 Å². The van der Waals surface area contributed by atoms with Crippen molar-refractivity contribution in [3.63, 3.8) is 0 Å². The van der Waals surface area contributed by atoms with Crippen molar-refractivity contribution in [3.05, 3.63) is 70.8 Å². The van der Waals surface area contributed by atoms with Gasteiger partial charge in [0.05, 0.1) is 13.5 Å². The molecule has 0 spiro atoms. The van der Waals surface area contributed by atoms with E-state index < -0.39 is 5.97 Å². The van der Waals surface area contributed by atoms with Gasteiger partial charge >= 0.3 is 5.97 Å². The second-order valence-corrected chi connectivity index (χ2v) is 5.53. The van der Waals surface area contributed by atoms with Crippen molar-refractivity contribution in [3.8, 4) is 5.75 Å². The van der Waals surface area contributed by atoms with E-state index in [2.05, 4.69) is 6.08 Å². The van der Waals surface area contributed by atoms with Crippen LogP contribution in [-0.4, -0.2) is 18.2 Å². The highest BCUT2D eigenvalue weighted by Gasteiger charge is 2.27. The Labute approximate surface area is 135 Å². The zero-order valence-corrected chi connectivity index (χ0v) is 13.2. The Morgan fingerprint density at radius 2 is 1.87 bits per heavy atom. The van der Waals surface area contributed by atoms with Crippen LogP contribution in [0.4, 0.5) is 0 Å². The number of allylic oxidation sites excluding steroid dienone is 2. The van der Waals surface area contributed by atoms with E-state index in [1.54, 1.807) is 7.11 Å². The molecule has 23 heavy (non-hydrogen) atoms. The Bertz CT molecular complexity index is 814. The van der Waals surface area contributed by atoms with Gasteiger partial charge in [-0.05, 0) is 46.9 Å². The molecule has 1 aliphatic carbocycles. The molecule has 0 heterocycles. The summed E-state index contributed by atoms with van der Waals surface area (Å²) in [6.45, 7) is 1.98. The molecule has 0 saturated heterocycles. The third kappa shape index (κ3) is 2.78. The van der Waals surface area contributed by atoms with Gasteiger partial charge in [-0.1, -0.05) is 42.5 Å². The largest absolute Gasteiger partial charge is 0.496 e. The van der Waals surface area contributed by atoms with E-state index in [0.717, 1.165) is 39.2 Å². The molecule has 0 aliphatic heterocycles. The highest BCUT2D eigenvalue weighted by Crippen LogP contribution is 2.47. The molecule has 0 atom stereocenters. The molecule has 2 aromatic carbocycles. The first-order chi connectivity index (χ1) is 11.1. The zero-order chi connectivity index (χ0) is 16.4. The number of rotatable bonds is 4. The first-order valence-electron chi connectivity index (χ1n) is 7.48. The Hall–Kier alpha value is -2.81. The summed E-state index contributed by atoms with van der Waals surface area (Å²) >= 11 is 0. The molecular formula is C20H18O3. The molecule has 2 aromatic rings. The third-order valence-corrected chi connectivity index (χ3v) is 4.13. The van der Waals surface area contributed by atoms with Gasteiger partial charge in [0, 0.05) is 5.56 Å². The van der Waals surface area contributed by atoms with Crippen LogP contribution in [0.2, 0.25) is 0 Å².